The molecular formula is C25H41N5O5. The molecule has 1 aliphatic carbocycles. The Balaban J connectivity index is 1.73. The molecule has 0 aromatic rings. The van der Waals surface area contributed by atoms with Crippen molar-refractivity contribution >= 4 is 17.7 Å². The van der Waals surface area contributed by atoms with Crippen molar-refractivity contribution in [1.82, 2.24) is 15.5 Å². The summed E-state index contributed by atoms with van der Waals surface area (Å²) in [6.07, 6.45) is 8.43. The molecular weight excluding hydrogens is 450 g/mol. The normalized spacial score (nSPS) is 21.4. The minimum atomic E-state index is -0.538. The van der Waals surface area contributed by atoms with Gasteiger partial charge in [-0.25, -0.2) is 5.53 Å². The highest BCUT2D eigenvalue weighted by Gasteiger charge is 2.33. The highest BCUT2D eigenvalue weighted by atomic mass is 16.5. The second-order valence-corrected chi connectivity index (χ2v) is 10.7. The Morgan fingerprint density at radius 1 is 1.20 bits per heavy atom. The molecule has 1 fully saturated rings. The number of nitrogens with one attached hydrogen (secondary N) is 3. The van der Waals surface area contributed by atoms with E-state index in [1.165, 1.54) is 17.1 Å². The van der Waals surface area contributed by atoms with Gasteiger partial charge in [-0.1, -0.05) is 0 Å². The highest BCUT2D eigenvalue weighted by molar-refractivity contribution is 6.12. The van der Waals surface area contributed by atoms with E-state index >= 15 is 0 Å². The van der Waals surface area contributed by atoms with Gasteiger partial charge in [0, 0.05) is 55.9 Å². The van der Waals surface area contributed by atoms with E-state index in [0.717, 1.165) is 25.7 Å². The van der Waals surface area contributed by atoms with Gasteiger partial charge in [0.05, 0.1) is 17.9 Å². The summed E-state index contributed by atoms with van der Waals surface area (Å²) in [5.41, 5.74) is 6.88. The van der Waals surface area contributed by atoms with Crippen LogP contribution < -0.4 is 10.6 Å². The van der Waals surface area contributed by atoms with Crippen LogP contribution in [-0.4, -0.2) is 65.2 Å². The predicted octanol–water partition coefficient (Wildman–Crippen LogP) is 2.64. The molecule has 1 heterocycles. The van der Waals surface area contributed by atoms with Crippen LogP contribution in [0.2, 0.25) is 0 Å². The SMILES string of the molecule is CC(C)(CCOC(C)(C)C/C(=C/NCCO)N=N)NC(=O)C1CCC(CN2C(=O)C=CC2=O)CC1. The third-order valence-electron chi connectivity index (χ3n) is 6.52. The molecule has 3 amide bonds. The topological polar surface area (TPSA) is 144 Å². The summed E-state index contributed by atoms with van der Waals surface area (Å²) in [4.78, 5) is 37.7. The van der Waals surface area contributed by atoms with Crippen LogP contribution >= 0.6 is 0 Å². The van der Waals surface area contributed by atoms with E-state index in [1.54, 1.807) is 6.20 Å². The summed E-state index contributed by atoms with van der Waals surface area (Å²) in [5, 5.41) is 18.4. The van der Waals surface area contributed by atoms with Crippen LogP contribution in [0.4, 0.5) is 0 Å². The molecule has 10 nitrogen and oxygen atoms in total. The molecule has 196 valence electrons. The molecule has 0 radical (unpaired) electrons. The number of hydrogen-bond acceptors (Lipinski definition) is 8. The van der Waals surface area contributed by atoms with Crippen molar-refractivity contribution in [2.75, 3.05) is 26.3 Å². The molecule has 1 aliphatic heterocycles. The fourth-order valence-electron chi connectivity index (χ4n) is 4.42. The lowest BCUT2D eigenvalue weighted by Crippen LogP contribution is -2.48. The van der Waals surface area contributed by atoms with Gasteiger partial charge < -0.3 is 20.5 Å². The summed E-state index contributed by atoms with van der Waals surface area (Å²) in [5.74, 6) is -0.285. The van der Waals surface area contributed by atoms with Crippen molar-refractivity contribution < 1.29 is 24.2 Å². The molecule has 2 rings (SSSR count). The number of imide groups is 1. The van der Waals surface area contributed by atoms with E-state index in [4.69, 9.17) is 15.4 Å². The Morgan fingerprint density at radius 2 is 1.83 bits per heavy atom. The van der Waals surface area contributed by atoms with Crippen LogP contribution in [0.1, 0.15) is 66.2 Å². The molecule has 1 saturated carbocycles. The average Bonchev–Trinajstić information content (AvgIpc) is 3.10. The molecule has 2 aliphatic rings. The predicted molar refractivity (Wildman–Crippen MR) is 131 cm³/mol. The van der Waals surface area contributed by atoms with E-state index < -0.39 is 11.1 Å². The van der Waals surface area contributed by atoms with E-state index in [0.29, 0.717) is 38.2 Å². The Labute approximate surface area is 208 Å². The van der Waals surface area contributed by atoms with Crippen molar-refractivity contribution in [3.8, 4) is 0 Å². The number of aliphatic hydroxyl groups is 1. The zero-order chi connectivity index (χ0) is 26.1. The Kier molecular flexibility index (Phi) is 10.6. The van der Waals surface area contributed by atoms with Gasteiger partial charge >= 0.3 is 0 Å². The van der Waals surface area contributed by atoms with Gasteiger partial charge in [-0.2, -0.15) is 5.11 Å². The van der Waals surface area contributed by atoms with Gasteiger partial charge in [0.1, 0.15) is 0 Å². The first-order chi connectivity index (χ1) is 16.5. The number of rotatable bonds is 14. The van der Waals surface area contributed by atoms with Crippen molar-refractivity contribution in [1.29, 1.82) is 5.53 Å². The monoisotopic (exact) mass is 491 g/mol. The Bertz CT molecular complexity index is 810. The highest BCUT2D eigenvalue weighted by Crippen LogP contribution is 2.31. The molecule has 0 aromatic carbocycles. The second kappa shape index (κ2) is 12.9. The average molecular weight is 492 g/mol. The number of carbonyl (C=O) groups is 3. The van der Waals surface area contributed by atoms with Crippen LogP contribution in [0.15, 0.2) is 29.2 Å². The molecule has 0 atom stereocenters. The molecule has 4 N–H and O–H groups in total. The fourth-order valence-corrected chi connectivity index (χ4v) is 4.42. The first kappa shape index (κ1) is 28.6. The van der Waals surface area contributed by atoms with Crippen LogP contribution in [0.3, 0.4) is 0 Å². The third-order valence-corrected chi connectivity index (χ3v) is 6.52. The second-order valence-electron chi connectivity index (χ2n) is 10.7. The van der Waals surface area contributed by atoms with Gasteiger partial charge in [0.25, 0.3) is 11.8 Å². The summed E-state index contributed by atoms with van der Waals surface area (Å²) in [6.45, 7) is 9.09. The number of carbonyl (C=O) groups excluding carboxylic acids is 3. The number of aliphatic hydroxyl groups excluding tert-OH is 1. The minimum absolute atomic E-state index is 0.00223. The van der Waals surface area contributed by atoms with Crippen molar-refractivity contribution in [3.63, 3.8) is 0 Å². The maximum absolute atomic E-state index is 12.9. The number of amides is 3. The zero-order valence-electron chi connectivity index (χ0n) is 21.4. The molecule has 0 aromatic heterocycles. The summed E-state index contributed by atoms with van der Waals surface area (Å²) < 4.78 is 6.05. The first-order valence-corrected chi connectivity index (χ1v) is 12.4. The van der Waals surface area contributed by atoms with Gasteiger partial charge in [-0.15, -0.1) is 0 Å². The number of ether oxygens (including phenoxy) is 1. The van der Waals surface area contributed by atoms with Crippen LogP contribution in [0, 0.1) is 17.4 Å². The van der Waals surface area contributed by atoms with Gasteiger partial charge in [-0.3, -0.25) is 19.3 Å². The van der Waals surface area contributed by atoms with Gasteiger partial charge in [0.2, 0.25) is 5.91 Å². The fraction of sp³-hybridized carbons (Fsp3) is 0.720. The van der Waals surface area contributed by atoms with Crippen molar-refractivity contribution in [2.24, 2.45) is 17.0 Å². The molecule has 0 spiro atoms. The smallest absolute Gasteiger partial charge is 0.253 e. The number of hydrogen-bond donors (Lipinski definition) is 4. The molecule has 35 heavy (non-hydrogen) atoms. The molecule has 10 heteroatoms. The van der Waals surface area contributed by atoms with E-state index in [9.17, 15) is 14.4 Å². The van der Waals surface area contributed by atoms with Crippen molar-refractivity contribution in [2.45, 2.75) is 77.4 Å². The number of nitrogens with zero attached hydrogens (tertiary/aromatic N) is 2. The lowest BCUT2D eigenvalue weighted by molar-refractivity contribution is -0.138. The lowest BCUT2D eigenvalue weighted by atomic mass is 9.81. The first-order valence-electron chi connectivity index (χ1n) is 12.4. The quantitative estimate of drug-likeness (QED) is 0.167. The summed E-state index contributed by atoms with van der Waals surface area (Å²) in [7, 11) is 0. The molecule has 0 bridgehead atoms. The van der Waals surface area contributed by atoms with Crippen LogP contribution in [0.25, 0.3) is 0 Å². The maximum atomic E-state index is 12.9. The zero-order valence-corrected chi connectivity index (χ0v) is 21.4. The Morgan fingerprint density at radius 3 is 2.40 bits per heavy atom. The molecule has 0 saturated heterocycles. The Hall–Kier alpha value is -2.59. The van der Waals surface area contributed by atoms with Crippen LogP contribution in [0.5, 0.6) is 0 Å². The van der Waals surface area contributed by atoms with Gasteiger partial charge in [-0.05, 0) is 65.7 Å². The van der Waals surface area contributed by atoms with E-state index in [2.05, 4.69) is 15.7 Å². The van der Waals surface area contributed by atoms with Crippen LogP contribution in [-0.2, 0) is 19.1 Å². The lowest BCUT2D eigenvalue weighted by Gasteiger charge is -2.34. The van der Waals surface area contributed by atoms with Gasteiger partial charge in [0.15, 0.2) is 0 Å². The largest absolute Gasteiger partial charge is 0.395 e. The summed E-state index contributed by atoms with van der Waals surface area (Å²) >= 11 is 0. The standard InChI is InChI=1S/C25H41N5O5/c1-24(2,11-14-35-25(3,4)15-20(29-26)16-27-12-13-31)28-23(34)19-7-5-18(6-8-19)17-30-21(32)9-10-22(30)33/h9-10,16,18-19,26-27,31H,5-8,11-15,17H2,1-4H3,(H,28,34)/b20-16-,29-26?. The van der Waals surface area contributed by atoms with E-state index in [1.807, 2.05) is 27.7 Å². The third kappa shape index (κ3) is 9.52. The maximum Gasteiger partial charge on any atom is 0.253 e. The minimum Gasteiger partial charge on any atom is -0.395 e. The van der Waals surface area contributed by atoms with E-state index in [-0.39, 0.29) is 36.2 Å². The van der Waals surface area contributed by atoms with Crippen molar-refractivity contribution in [3.05, 3.63) is 24.0 Å². The molecule has 0 unspecified atom stereocenters. The summed E-state index contributed by atoms with van der Waals surface area (Å²) in [6, 6.07) is 0.